The van der Waals surface area contributed by atoms with E-state index in [4.69, 9.17) is 36.0 Å². The second kappa shape index (κ2) is 12.8. The summed E-state index contributed by atoms with van der Waals surface area (Å²) in [5.74, 6) is 1.47. The number of amides is 2. The van der Waals surface area contributed by atoms with Gasteiger partial charge in [-0.05, 0) is 48.9 Å². The normalized spacial score (nSPS) is 21.2. The van der Waals surface area contributed by atoms with E-state index in [1.165, 1.54) is 11.1 Å². The summed E-state index contributed by atoms with van der Waals surface area (Å²) in [7, 11) is 3.33. The Labute approximate surface area is 314 Å². The number of fused-ring (bicyclic) bond motifs is 1. The monoisotopic (exact) mass is 733 g/mol. The van der Waals surface area contributed by atoms with Gasteiger partial charge in [-0.3, -0.25) is 24.4 Å². The minimum atomic E-state index is -0.0611. The maximum Gasteiger partial charge on any atom is 0.237 e. The first-order chi connectivity index (χ1) is 25.6. The predicted octanol–water partition coefficient (Wildman–Crippen LogP) is 5.47. The van der Waals surface area contributed by atoms with Crippen LogP contribution < -0.4 is 14.8 Å². The van der Waals surface area contributed by atoms with Gasteiger partial charge in [0.1, 0.15) is 5.69 Å². The first-order valence-corrected chi connectivity index (χ1v) is 18.9. The molecule has 4 fully saturated rings. The van der Waals surface area contributed by atoms with Crippen molar-refractivity contribution in [3.05, 3.63) is 76.1 Å². The molecule has 0 radical (unpaired) electrons. The molecule has 2 aromatic heterocycles. The number of pyridine rings is 1. The number of ether oxygens (including phenoxy) is 2. The van der Waals surface area contributed by atoms with E-state index in [0.717, 1.165) is 97.7 Å². The molecule has 4 aliphatic heterocycles. The van der Waals surface area contributed by atoms with E-state index in [-0.39, 0.29) is 28.8 Å². The molecule has 4 saturated heterocycles. The molecule has 274 valence electrons. The predicted molar refractivity (Wildman–Crippen MR) is 202 cm³/mol. The quantitative estimate of drug-likeness (QED) is 0.252. The Morgan fingerprint density at radius 2 is 1.62 bits per heavy atom. The van der Waals surface area contributed by atoms with Gasteiger partial charge in [0.2, 0.25) is 23.6 Å². The van der Waals surface area contributed by atoms with Crippen LogP contribution in [0.1, 0.15) is 54.6 Å². The number of likely N-dealkylation sites (tertiary alicyclic amines) is 3. The topological polar surface area (TPSA) is 113 Å². The van der Waals surface area contributed by atoms with Crippen molar-refractivity contribution < 1.29 is 19.1 Å². The number of carbonyl (C=O) groups excluding carboxylic acids is 2. The van der Waals surface area contributed by atoms with Gasteiger partial charge in [-0.15, -0.1) is 0 Å². The van der Waals surface area contributed by atoms with Crippen molar-refractivity contribution >= 4 is 23.4 Å². The Balaban J connectivity index is 0.956. The molecule has 1 aliphatic carbocycles. The number of aromatic nitrogens is 3. The van der Waals surface area contributed by atoms with Crippen LogP contribution in [0.15, 0.2) is 48.7 Å². The van der Waals surface area contributed by atoms with Crippen LogP contribution in [-0.2, 0) is 22.6 Å². The molecular weight excluding hydrogens is 690 g/mol. The molecule has 2 amide bonds. The second-order valence-electron chi connectivity index (χ2n) is 15.8. The van der Waals surface area contributed by atoms with Gasteiger partial charge in [-0.2, -0.15) is 0 Å². The van der Waals surface area contributed by atoms with Crippen molar-refractivity contribution in [2.75, 3.05) is 53.5 Å². The minimum absolute atomic E-state index is 0.0611. The molecule has 4 aromatic rings. The van der Waals surface area contributed by atoms with Crippen LogP contribution in [0.25, 0.3) is 33.6 Å². The Kier molecular flexibility index (Phi) is 8.25. The zero-order valence-electron chi connectivity index (χ0n) is 30.7. The zero-order chi connectivity index (χ0) is 36.6. The first-order valence-electron chi connectivity index (χ1n) is 18.5. The van der Waals surface area contributed by atoms with Gasteiger partial charge in [0.25, 0.3) is 0 Å². The third kappa shape index (κ3) is 5.75. The van der Waals surface area contributed by atoms with E-state index in [1.807, 2.05) is 23.1 Å². The molecular formula is C41H44ClN7O4. The van der Waals surface area contributed by atoms with Crippen molar-refractivity contribution in [2.24, 2.45) is 5.41 Å². The van der Waals surface area contributed by atoms with E-state index < -0.39 is 0 Å². The Hall–Kier alpha value is -4.58. The van der Waals surface area contributed by atoms with Crippen LogP contribution in [0.5, 0.6) is 11.8 Å². The van der Waals surface area contributed by atoms with Crippen LogP contribution in [-0.4, -0.2) is 100 Å². The second-order valence-corrected chi connectivity index (χ2v) is 16.1. The highest BCUT2D eigenvalue weighted by Gasteiger charge is 2.53. The molecule has 2 spiro atoms. The van der Waals surface area contributed by atoms with Gasteiger partial charge >= 0.3 is 0 Å². The molecule has 9 rings (SSSR count). The number of nitrogens with zero attached hydrogens (tertiary/aromatic N) is 6. The highest BCUT2D eigenvalue weighted by atomic mass is 35.5. The van der Waals surface area contributed by atoms with Crippen molar-refractivity contribution in [1.82, 2.24) is 35.0 Å². The molecule has 1 N–H and O–H groups in total. The lowest BCUT2D eigenvalue weighted by Gasteiger charge is -2.60. The minimum Gasteiger partial charge on any atom is -0.481 e. The van der Waals surface area contributed by atoms with Gasteiger partial charge in [-0.1, -0.05) is 48.0 Å². The maximum atomic E-state index is 11.9. The highest BCUT2D eigenvalue weighted by molar-refractivity contribution is 6.36. The molecule has 2 aromatic carbocycles. The molecule has 1 atom stereocenters. The number of rotatable bonds is 8. The Bertz CT molecular complexity index is 2150. The summed E-state index contributed by atoms with van der Waals surface area (Å²) in [5.41, 5.74) is 9.70. The zero-order valence-corrected chi connectivity index (χ0v) is 31.4. The largest absolute Gasteiger partial charge is 0.481 e. The number of methoxy groups -OCH3 is 2. The third-order valence-corrected chi connectivity index (χ3v) is 12.6. The van der Waals surface area contributed by atoms with Crippen LogP contribution in [0.3, 0.4) is 0 Å². The number of hydrogen-bond donors (Lipinski definition) is 1. The fraction of sp³-hybridized carbons (Fsp3) is 0.439. The van der Waals surface area contributed by atoms with Crippen LogP contribution >= 0.6 is 11.6 Å². The van der Waals surface area contributed by atoms with Gasteiger partial charge in [0.15, 0.2) is 0 Å². The van der Waals surface area contributed by atoms with Crippen LogP contribution in [0, 0.1) is 12.3 Å². The number of halogens is 1. The summed E-state index contributed by atoms with van der Waals surface area (Å²) in [5, 5.41) is 3.80. The Morgan fingerprint density at radius 1 is 0.925 bits per heavy atom. The van der Waals surface area contributed by atoms with Crippen LogP contribution in [0.2, 0.25) is 5.02 Å². The van der Waals surface area contributed by atoms with Crippen molar-refractivity contribution in [2.45, 2.75) is 57.7 Å². The molecule has 53 heavy (non-hydrogen) atoms. The van der Waals surface area contributed by atoms with Gasteiger partial charge in [0.05, 0.1) is 42.4 Å². The van der Waals surface area contributed by atoms with Crippen molar-refractivity contribution in [3.63, 3.8) is 0 Å². The Morgan fingerprint density at radius 3 is 2.32 bits per heavy atom. The number of carbonyl (C=O) groups is 2. The van der Waals surface area contributed by atoms with E-state index in [1.54, 1.807) is 27.3 Å². The summed E-state index contributed by atoms with van der Waals surface area (Å²) in [4.78, 5) is 45.0. The molecule has 0 bridgehead atoms. The lowest BCUT2D eigenvalue weighted by atomic mass is 9.73. The van der Waals surface area contributed by atoms with Gasteiger partial charge < -0.3 is 19.7 Å². The number of hydrogen-bond acceptors (Lipinski definition) is 9. The summed E-state index contributed by atoms with van der Waals surface area (Å²) >= 11 is 7.22. The fourth-order valence-corrected chi connectivity index (χ4v) is 9.88. The lowest BCUT2D eigenvalue weighted by Crippen LogP contribution is -2.72. The number of aryl methyl sites for hydroxylation is 1. The van der Waals surface area contributed by atoms with Crippen molar-refractivity contribution in [1.29, 1.82) is 0 Å². The molecule has 11 nitrogen and oxygen atoms in total. The number of nitrogens with one attached hydrogen (secondary N) is 1. The molecule has 5 aliphatic rings. The maximum absolute atomic E-state index is 11.9. The highest BCUT2D eigenvalue weighted by Crippen LogP contribution is 2.48. The van der Waals surface area contributed by atoms with Gasteiger partial charge in [-0.25, -0.2) is 9.97 Å². The third-order valence-electron chi connectivity index (χ3n) is 12.2. The lowest BCUT2D eigenvalue weighted by molar-refractivity contribution is -0.157. The van der Waals surface area contributed by atoms with Gasteiger partial charge in [0, 0.05) is 92.9 Å². The SMILES string of the molecule is COc1nc(-c2cccc(-c3cccc(-c4cc5c(c(OC)n4)[C@@H](N4CC6(CCC(=O)N6)C4)CC5)c3C)c2Cl)cnc1CN1CC2(C1)CN(C(C)=O)C2. The average molecular weight is 734 g/mol. The summed E-state index contributed by atoms with van der Waals surface area (Å²) in [6, 6.07) is 14.7. The molecule has 12 heteroatoms. The van der Waals surface area contributed by atoms with E-state index in [2.05, 4.69) is 46.3 Å². The van der Waals surface area contributed by atoms with Crippen molar-refractivity contribution in [3.8, 4) is 45.4 Å². The fourth-order valence-electron chi connectivity index (χ4n) is 9.56. The summed E-state index contributed by atoms with van der Waals surface area (Å²) < 4.78 is 11.7. The standard InChI is InChI=1S/C41H44ClN7O4/c1-24-27(7-5-8-28(24)31-15-26-11-12-34(36(26)39(44-31)53-4)49-22-41(23-49)14-13-35(51)46-41)29-9-6-10-30(37(29)42)32-16-43-33(38(45-32)52-3)17-47-18-40(19-47)20-48(21-40)25(2)50/h5-10,15-16,34H,11-14,17-23H2,1-4H3,(H,46,51)/t34-/m0/s1. The smallest absolute Gasteiger partial charge is 0.237 e. The van der Waals surface area contributed by atoms with E-state index >= 15 is 0 Å². The van der Waals surface area contributed by atoms with Crippen LogP contribution in [0.4, 0.5) is 0 Å². The molecule has 6 heterocycles. The van der Waals surface area contributed by atoms with E-state index in [9.17, 15) is 9.59 Å². The summed E-state index contributed by atoms with van der Waals surface area (Å²) in [6.45, 7) is 9.67. The first kappa shape index (κ1) is 34.2. The molecule has 0 saturated carbocycles. The summed E-state index contributed by atoms with van der Waals surface area (Å²) in [6.07, 6.45) is 5.28. The average Bonchev–Trinajstić information content (AvgIpc) is 3.71. The van der Waals surface area contributed by atoms with E-state index in [0.29, 0.717) is 35.4 Å². The molecule has 0 unspecified atom stereocenters. The number of benzene rings is 2.